The average Bonchev–Trinajstić information content (AvgIpc) is 2.78. The van der Waals surface area contributed by atoms with E-state index in [0.717, 1.165) is 10.4 Å². The number of benzene rings is 1. The summed E-state index contributed by atoms with van der Waals surface area (Å²) in [5.74, 6) is -0.0424. The van der Waals surface area contributed by atoms with Crippen molar-refractivity contribution in [2.24, 2.45) is 0 Å². The highest BCUT2D eigenvalue weighted by Crippen LogP contribution is 2.24. The van der Waals surface area contributed by atoms with E-state index >= 15 is 0 Å². The largest absolute Gasteiger partial charge is 0.398 e. The van der Waals surface area contributed by atoms with Gasteiger partial charge in [-0.05, 0) is 30.7 Å². The summed E-state index contributed by atoms with van der Waals surface area (Å²) in [7, 11) is 1.76. The van der Waals surface area contributed by atoms with Gasteiger partial charge in [-0.15, -0.1) is 11.3 Å². The summed E-state index contributed by atoms with van der Waals surface area (Å²) >= 11 is 1.41. The summed E-state index contributed by atoms with van der Waals surface area (Å²) in [4.78, 5) is 15.5. The lowest BCUT2D eigenvalue weighted by atomic mass is 10.1. The van der Waals surface area contributed by atoms with Crippen LogP contribution in [0, 0.1) is 18.3 Å². The third-order valence-corrected chi connectivity index (χ3v) is 4.07. The predicted octanol–water partition coefficient (Wildman–Crippen LogP) is 2.78. The number of rotatable bonds is 3. The number of hydrogen-bond acceptors (Lipinski definition) is 4. The number of nitriles is 1. The monoisotopic (exact) mass is 285 g/mol. The van der Waals surface area contributed by atoms with Crippen LogP contribution < -0.4 is 5.73 Å². The van der Waals surface area contributed by atoms with Crippen molar-refractivity contribution in [3.63, 3.8) is 0 Å². The summed E-state index contributed by atoms with van der Waals surface area (Å²) in [6.45, 7) is 2.40. The number of carbonyl (C=O) groups is 1. The second kappa shape index (κ2) is 5.76. The number of aryl methyl sites for hydroxylation is 1. The Balaban J connectivity index is 2.09. The Morgan fingerprint density at radius 3 is 2.55 bits per heavy atom. The number of carbonyl (C=O) groups excluding carboxylic acids is 1. The molecule has 0 aliphatic carbocycles. The van der Waals surface area contributed by atoms with Crippen molar-refractivity contribution in [3.05, 3.63) is 51.2 Å². The molecule has 102 valence electrons. The molecule has 2 N–H and O–H groups in total. The maximum absolute atomic E-state index is 12.3. The first-order valence-corrected chi connectivity index (χ1v) is 6.93. The normalized spacial score (nSPS) is 10.1. The molecule has 0 radical (unpaired) electrons. The van der Waals surface area contributed by atoms with E-state index in [1.807, 2.05) is 19.1 Å². The van der Waals surface area contributed by atoms with Gasteiger partial charge in [-0.2, -0.15) is 5.26 Å². The highest BCUT2D eigenvalue weighted by Gasteiger charge is 2.15. The molecule has 1 aromatic carbocycles. The highest BCUT2D eigenvalue weighted by atomic mass is 32.1. The molecular formula is C15H15N3OS. The number of nitrogen functional groups attached to an aromatic ring is 1. The number of amides is 1. The molecule has 0 spiro atoms. The van der Waals surface area contributed by atoms with Gasteiger partial charge in [0.2, 0.25) is 0 Å². The Hall–Kier alpha value is -2.32. The van der Waals surface area contributed by atoms with Crippen LogP contribution in [0.4, 0.5) is 5.69 Å². The molecule has 2 aromatic rings. The lowest BCUT2D eigenvalue weighted by Gasteiger charge is -2.16. The zero-order valence-electron chi connectivity index (χ0n) is 11.4. The van der Waals surface area contributed by atoms with Crippen molar-refractivity contribution >= 4 is 22.9 Å². The van der Waals surface area contributed by atoms with Crippen molar-refractivity contribution in [1.29, 1.82) is 5.26 Å². The van der Waals surface area contributed by atoms with Crippen molar-refractivity contribution < 1.29 is 4.79 Å². The third kappa shape index (κ3) is 2.98. The average molecular weight is 285 g/mol. The number of anilines is 1. The Kier molecular flexibility index (Phi) is 4.06. The molecule has 4 nitrogen and oxygen atoms in total. The van der Waals surface area contributed by atoms with Crippen LogP contribution in [0.2, 0.25) is 0 Å². The van der Waals surface area contributed by atoms with E-state index in [-0.39, 0.29) is 5.91 Å². The Morgan fingerprint density at radius 1 is 1.40 bits per heavy atom. The summed E-state index contributed by atoms with van der Waals surface area (Å²) < 4.78 is 0. The molecule has 0 saturated carbocycles. The summed E-state index contributed by atoms with van der Waals surface area (Å²) in [6, 6.07) is 11.0. The van der Waals surface area contributed by atoms with Crippen molar-refractivity contribution in [3.8, 4) is 6.07 Å². The highest BCUT2D eigenvalue weighted by molar-refractivity contribution is 7.14. The van der Waals surface area contributed by atoms with Gasteiger partial charge in [-0.3, -0.25) is 4.79 Å². The molecule has 1 heterocycles. The minimum Gasteiger partial charge on any atom is -0.398 e. The van der Waals surface area contributed by atoms with Crippen LogP contribution in [0.1, 0.15) is 25.7 Å². The summed E-state index contributed by atoms with van der Waals surface area (Å²) in [6.07, 6.45) is 0. The maximum Gasteiger partial charge on any atom is 0.264 e. The number of thiophene rings is 1. The van der Waals surface area contributed by atoms with Crippen LogP contribution in [0.15, 0.2) is 30.3 Å². The van der Waals surface area contributed by atoms with Gasteiger partial charge in [0.15, 0.2) is 0 Å². The van der Waals surface area contributed by atoms with E-state index in [1.165, 1.54) is 11.3 Å². The molecule has 0 fully saturated rings. The van der Waals surface area contributed by atoms with Gasteiger partial charge in [-0.1, -0.05) is 12.1 Å². The standard InChI is InChI=1S/C15H15N3OS/c1-10-13(17)7-14(20-10)15(19)18(2)9-12-5-3-11(8-16)4-6-12/h3-7H,9,17H2,1-2H3. The van der Waals surface area contributed by atoms with Crippen LogP contribution in [-0.2, 0) is 6.54 Å². The fourth-order valence-electron chi connectivity index (χ4n) is 1.82. The topological polar surface area (TPSA) is 70.1 Å². The third-order valence-electron chi connectivity index (χ3n) is 3.02. The van der Waals surface area contributed by atoms with E-state index in [0.29, 0.717) is 22.7 Å². The molecule has 1 amide bonds. The van der Waals surface area contributed by atoms with Crippen LogP contribution in [0.3, 0.4) is 0 Å². The molecular weight excluding hydrogens is 270 g/mol. The Bertz CT molecular complexity index is 648. The van der Waals surface area contributed by atoms with E-state index in [4.69, 9.17) is 11.0 Å². The van der Waals surface area contributed by atoms with Crippen LogP contribution in [0.25, 0.3) is 0 Å². The Labute approximate surface area is 122 Å². The van der Waals surface area contributed by atoms with Crippen molar-refractivity contribution in [2.75, 3.05) is 12.8 Å². The first-order valence-electron chi connectivity index (χ1n) is 6.11. The lowest BCUT2D eigenvalue weighted by Crippen LogP contribution is -2.25. The number of hydrogen-bond donors (Lipinski definition) is 1. The van der Waals surface area contributed by atoms with E-state index in [9.17, 15) is 4.79 Å². The van der Waals surface area contributed by atoms with E-state index in [1.54, 1.807) is 30.1 Å². The second-order valence-electron chi connectivity index (χ2n) is 4.59. The predicted molar refractivity (Wildman–Crippen MR) is 80.4 cm³/mol. The second-order valence-corrected chi connectivity index (χ2v) is 5.85. The van der Waals surface area contributed by atoms with Gasteiger partial charge in [0.25, 0.3) is 5.91 Å². The number of nitrogens with zero attached hydrogens (tertiary/aromatic N) is 2. The van der Waals surface area contributed by atoms with Crippen LogP contribution >= 0.6 is 11.3 Å². The van der Waals surface area contributed by atoms with Gasteiger partial charge < -0.3 is 10.6 Å². The van der Waals surface area contributed by atoms with Gasteiger partial charge >= 0.3 is 0 Å². The molecule has 20 heavy (non-hydrogen) atoms. The Morgan fingerprint density at radius 2 is 2.05 bits per heavy atom. The van der Waals surface area contributed by atoms with Gasteiger partial charge in [-0.25, -0.2) is 0 Å². The SMILES string of the molecule is Cc1sc(C(=O)N(C)Cc2ccc(C#N)cc2)cc1N. The molecule has 0 bridgehead atoms. The quantitative estimate of drug-likeness (QED) is 0.942. The molecule has 1 aromatic heterocycles. The van der Waals surface area contributed by atoms with Gasteiger partial charge in [0, 0.05) is 24.2 Å². The zero-order chi connectivity index (χ0) is 14.7. The zero-order valence-corrected chi connectivity index (χ0v) is 12.2. The van der Waals surface area contributed by atoms with Crippen molar-refractivity contribution in [1.82, 2.24) is 4.90 Å². The molecule has 2 rings (SSSR count). The van der Waals surface area contributed by atoms with Crippen LogP contribution in [0.5, 0.6) is 0 Å². The fraction of sp³-hybridized carbons (Fsp3) is 0.200. The summed E-state index contributed by atoms with van der Waals surface area (Å²) in [5.41, 5.74) is 8.03. The first kappa shape index (κ1) is 14.1. The molecule has 0 aliphatic heterocycles. The summed E-state index contributed by atoms with van der Waals surface area (Å²) in [5, 5.41) is 8.75. The minimum atomic E-state index is -0.0424. The maximum atomic E-state index is 12.3. The molecule has 0 unspecified atom stereocenters. The lowest BCUT2D eigenvalue weighted by molar-refractivity contribution is 0.0790. The van der Waals surface area contributed by atoms with Gasteiger partial charge in [0.1, 0.15) is 0 Å². The molecule has 0 aliphatic rings. The van der Waals surface area contributed by atoms with E-state index in [2.05, 4.69) is 6.07 Å². The van der Waals surface area contributed by atoms with Crippen LogP contribution in [-0.4, -0.2) is 17.9 Å². The first-order chi connectivity index (χ1) is 9.51. The molecule has 0 saturated heterocycles. The molecule has 0 atom stereocenters. The minimum absolute atomic E-state index is 0.0424. The number of nitrogens with two attached hydrogens (primary N) is 1. The smallest absolute Gasteiger partial charge is 0.264 e. The van der Waals surface area contributed by atoms with Gasteiger partial charge in [0.05, 0.1) is 16.5 Å². The van der Waals surface area contributed by atoms with Crippen molar-refractivity contribution in [2.45, 2.75) is 13.5 Å². The molecule has 5 heteroatoms. The fourth-order valence-corrected chi connectivity index (χ4v) is 2.76. The van der Waals surface area contributed by atoms with E-state index < -0.39 is 0 Å².